The third kappa shape index (κ3) is 4.21. The molecule has 0 N–H and O–H groups in total. The molecule has 3 heteroatoms. The van der Waals surface area contributed by atoms with Gasteiger partial charge >= 0.3 is 0 Å². The molecule has 0 bridgehead atoms. The number of hydrogen-bond donors (Lipinski definition) is 0. The third-order valence-corrected chi connectivity index (χ3v) is 8.66. The number of para-hydroxylation sites is 2. The van der Waals surface area contributed by atoms with Crippen molar-refractivity contribution in [1.29, 1.82) is 0 Å². The molecule has 0 aliphatic heterocycles. The minimum atomic E-state index is 0.840. The lowest BCUT2D eigenvalue weighted by atomic mass is 9.98. The van der Waals surface area contributed by atoms with E-state index in [1.165, 1.54) is 5.56 Å². The first-order valence-electron chi connectivity index (χ1n) is 15.2. The predicted molar refractivity (Wildman–Crippen MR) is 187 cm³/mol. The minimum absolute atomic E-state index is 0.840. The highest BCUT2D eigenvalue weighted by Crippen LogP contribution is 2.47. The largest absolute Gasteiger partial charge is 0.456 e. The van der Waals surface area contributed by atoms with Gasteiger partial charge < -0.3 is 13.7 Å². The molecule has 0 spiro atoms. The lowest BCUT2D eigenvalue weighted by Crippen LogP contribution is -2.10. The first-order valence-corrected chi connectivity index (χ1v) is 15.2. The summed E-state index contributed by atoms with van der Waals surface area (Å²) in [7, 11) is 0. The van der Waals surface area contributed by atoms with E-state index in [-0.39, 0.29) is 0 Å². The van der Waals surface area contributed by atoms with Crippen LogP contribution in [0.1, 0.15) is 0 Å². The second-order valence-corrected chi connectivity index (χ2v) is 11.3. The van der Waals surface area contributed by atoms with Crippen molar-refractivity contribution in [1.82, 2.24) is 0 Å². The molecule has 9 rings (SSSR count). The van der Waals surface area contributed by atoms with Crippen LogP contribution in [0.5, 0.6) is 0 Å². The van der Waals surface area contributed by atoms with E-state index < -0.39 is 0 Å². The molecule has 0 saturated carbocycles. The number of hydrogen-bond acceptors (Lipinski definition) is 3. The molecule has 0 aliphatic rings. The Balaban J connectivity index is 1.33. The highest BCUT2D eigenvalue weighted by Gasteiger charge is 2.23. The fourth-order valence-corrected chi connectivity index (χ4v) is 6.58. The molecule has 0 amide bonds. The molecule has 3 nitrogen and oxygen atoms in total. The van der Waals surface area contributed by atoms with Gasteiger partial charge in [0.15, 0.2) is 5.58 Å². The van der Waals surface area contributed by atoms with Crippen molar-refractivity contribution in [3.05, 3.63) is 164 Å². The Morgan fingerprint density at radius 1 is 0.378 bits per heavy atom. The number of benzene rings is 7. The molecule has 45 heavy (non-hydrogen) atoms. The molecule has 2 heterocycles. The smallest absolute Gasteiger partial charge is 0.160 e. The van der Waals surface area contributed by atoms with E-state index in [2.05, 4.69) is 150 Å². The van der Waals surface area contributed by atoms with Gasteiger partial charge in [-0.1, -0.05) is 115 Å². The summed E-state index contributed by atoms with van der Waals surface area (Å²) in [6.45, 7) is 0. The number of furan rings is 2. The second kappa shape index (κ2) is 10.3. The Hall–Kier alpha value is -6.06. The summed E-state index contributed by atoms with van der Waals surface area (Å²) in [6, 6.07) is 57.2. The molecule has 0 aliphatic carbocycles. The van der Waals surface area contributed by atoms with Crippen molar-refractivity contribution in [3.8, 4) is 22.3 Å². The molecule has 212 valence electrons. The summed E-state index contributed by atoms with van der Waals surface area (Å²) < 4.78 is 13.1. The molecule has 0 atom stereocenters. The van der Waals surface area contributed by atoms with Crippen LogP contribution < -0.4 is 4.90 Å². The van der Waals surface area contributed by atoms with Gasteiger partial charge in [-0.2, -0.15) is 0 Å². The summed E-state index contributed by atoms with van der Waals surface area (Å²) >= 11 is 0. The monoisotopic (exact) mass is 577 g/mol. The molecule has 7 aromatic carbocycles. The maximum Gasteiger partial charge on any atom is 0.160 e. The lowest BCUT2D eigenvalue weighted by molar-refractivity contribution is 0.667. The minimum Gasteiger partial charge on any atom is -0.456 e. The second-order valence-electron chi connectivity index (χ2n) is 11.3. The number of anilines is 3. The van der Waals surface area contributed by atoms with Gasteiger partial charge in [0.05, 0.1) is 11.4 Å². The first kappa shape index (κ1) is 25.4. The lowest BCUT2D eigenvalue weighted by Gasteiger charge is -2.26. The van der Waals surface area contributed by atoms with Crippen LogP contribution in [0.3, 0.4) is 0 Å². The van der Waals surface area contributed by atoms with Gasteiger partial charge in [-0.25, -0.2) is 0 Å². The summed E-state index contributed by atoms with van der Waals surface area (Å²) in [5, 5.41) is 4.41. The van der Waals surface area contributed by atoms with Crippen LogP contribution >= 0.6 is 0 Å². The van der Waals surface area contributed by atoms with Gasteiger partial charge in [-0.05, 0) is 64.7 Å². The number of nitrogens with zero attached hydrogens (tertiary/aromatic N) is 1. The molecule has 0 fully saturated rings. The quantitative estimate of drug-likeness (QED) is 0.204. The molecular weight excluding hydrogens is 550 g/mol. The standard InChI is InChI=1S/C42H27NO2/c1-3-12-28(13-4-1)30-16-11-17-31(26-30)43(32-22-23-35-34-18-7-9-20-38(34)44-40(35)27-32)37-25-24-33(29-14-5-2-6-15-29)41-36-19-8-10-21-39(36)45-42(37)41/h1-27H. The third-order valence-electron chi connectivity index (χ3n) is 8.66. The van der Waals surface area contributed by atoms with E-state index in [1.54, 1.807) is 0 Å². The highest BCUT2D eigenvalue weighted by molar-refractivity contribution is 6.17. The fourth-order valence-electron chi connectivity index (χ4n) is 6.58. The van der Waals surface area contributed by atoms with E-state index in [9.17, 15) is 0 Å². The molecule has 9 aromatic rings. The number of rotatable bonds is 5. The van der Waals surface area contributed by atoms with Crippen molar-refractivity contribution in [2.24, 2.45) is 0 Å². The highest BCUT2D eigenvalue weighted by atomic mass is 16.3. The van der Waals surface area contributed by atoms with Crippen LogP contribution in [0.4, 0.5) is 17.1 Å². The van der Waals surface area contributed by atoms with Crippen LogP contribution in [0.2, 0.25) is 0 Å². The van der Waals surface area contributed by atoms with E-state index in [1.807, 2.05) is 18.2 Å². The Kier molecular flexibility index (Phi) is 5.82. The molecular formula is C42H27NO2. The zero-order valence-corrected chi connectivity index (χ0v) is 24.4. The van der Waals surface area contributed by atoms with Crippen LogP contribution in [-0.2, 0) is 0 Å². The van der Waals surface area contributed by atoms with Gasteiger partial charge in [0.2, 0.25) is 0 Å². The van der Waals surface area contributed by atoms with E-state index in [4.69, 9.17) is 8.83 Å². The first-order chi connectivity index (χ1) is 22.3. The average Bonchev–Trinajstić information content (AvgIpc) is 3.68. The Morgan fingerprint density at radius 3 is 1.80 bits per heavy atom. The zero-order valence-electron chi connectivity index (χ0n) is 24.4. The predicted octanol–water partition coefficient (Wildman–Crippen LogP) is 12.3. The van der Waals surface area contributed by atoms with Crippen molar-refractivity contribution in [2.45, 2.75) is 0 Å². The fraction of sp³-hybridized carbons (Fsp3) is 0. The Morgan fingerprint density at radius 2 is 1.00 bits per heavy atom. The maximum absolute atomic E-state index is 6.75. The van der Waals surface area contributed by atoms with Crippen LogP contribution in [0, 0.1) is 0 Å². The topological polar surface area (TPSA) is 29.5 Å². The van der Waals surface area contributed by atoms with E-state index >= 15 is 0 Å². The summed E-state index contributed by atoms with van der Waals surface area (Å²) in [4.78, 5) is 2.29. The maximum atomic E-state index is 6.75. The summed E-state index contributed by atoms with van der Waals surface area (Å²) in [5.74, 6) is 0. The Labute approximate surface area is 260 Å². The molecule has 0 unspecified atom stereocenters. The van der Waals surface area contributed by atoms with Gasteiger partial charge in [-0.3, -0.25) is 0 Å². The van der Waals surface area contributed by atoms with Gasteiger partial charge in [0.25, 0.3) is 0 Å². The van der Waals surface area contributed by atoms with Crippen molar-refractivity contribution in [3.63, 3.8) is 0 Å². The van der Waals surface area contributed by atoms with Crippen molar-refractivity contribution >= 4 is 60.9 Å². The van der Waals surface area contributed by atoms with Crippen molar-refractivity contribution < 1.29 is 8.83 Å². The van der Waals surface area contributed by atoms with Gasteiger partial charge in [-0.15, -0.1) is 0 Å². The van der Waals surface area contributed by atoms with Gasteiger partial charge in [0.1, 0.15) is 16.7 Å². The normalized spacial score (nSPS) is 11.6. The van der Waals surface area contributed by atoms with Gasteiger partial charge in [0, 0.05) is 33.3 Å². The van der Waals surface area contributed by atoms with E-state index in [0.29, 0.717) is 0 Å². The SMILES string of the molecule is c1ccc(-c2cccc(N(c3ccc4c(c3)oc3ccccc34)c3ccc(-c4ccccc4)c4c3oc3ccccc34)c2)cc1. The average molecular weight is 578 g/mol. The molecule has 0 saturated heterocycles. The number of fused-ring (bicyclic) bond motifs is 6. The van der Waals surface area contributed by atoms with Crippen LogP contribution in [-0.4, -0.2) is 0 Å². The van der Waals surface area contributed by atoms with Crippen molar-refractivity contribution in [2.75, 3.05) is 4.90 Å². The summed E-state index contributed by atoms with van der Waals surface area (Å²) in [5.41, 5.74) is 11.0. The summed E-state index contributed by atoms with van der Waals surface area (Å²) in [6.07, 6.45) is 0. The Bertz CT molecular complexity index is 2490. The van der Waals surface area contributed by atoms with Crippen LogP contribution in [0.25, 0.3) is 66.1 Å². The molecule has 0 radical (unpaired) electrons. The van der Waals surface area contributed by atoms with Crippen LogP contribution in [0.15, 0.2) is 173 Å². The van der Waals surface area contributed by atoms with E-state index in [0.717, 1.165) is 77.6 Å². The zero-order chi connectivity index (χ0) is 29.7. The molecule has 2 aromatic heterocycles.